The standard InChI is InChI=1S/C12H14N2O3S/c1-13-11(16)7-14(2)12(17)9-6-10(18-8-9)4-3-5-15/h6,8,15H,5,7H2,1-2H3,(H,13,16). The average Bonchev–Trinajstić information content (AvgIpc) is 2.83. The Kier molecular flexibility index (Phi) is 5.36. The maximum Gasteiger partial charge on any atom is 0.254 e. The summed E-state index contributed by atoms with van der Waals surface area (Å²) in [6.07, 6.45) is 0. The second kappa shape index (κ2) is 6.79. The van der Waals surface area contributed by atoms with E-state index in [4.69, 9.17) is 5.11 Å². The largest absolute Gasteiger partial charge is 0.384 e. The minimum atomic E-state index is -0.230. The summed E-state index contributed by atoms with van der Waals surface area (Å²) in [7, 11) is 3.09. The molecule has 0 fully saturated rings. The van der Waals surface area contributed by atoms with E-state index in [1.54, 1.807) is 18.5 Å². The first kappa shape index (κ1) is 14.2. The first-order chi connectivity index (χ1) is 8.58. The molecule has 0 unspecified atom stereocenters. The van der Waals surface area contributed by atoms with Crippen molar-refractivity contribution in [3.63, 3.8) is 0 Å². The number of aliphatic hydroxyl groups excluding tert-OH is 1. The number of carbonyl (C=O) groups excluding carboxylic acids is 2. The van der Waals surface area contributed by atoms with Crippen molar-refractivity contribution in [2.24, 2.45) is 0 Å². The molecule has 0 aliphatic carbocycles. The molecule has 2 amide bonds. The highest BCUT2D eigenvalue weighted by atomic mass is 32.1. The molecule has 2 N–H and O–H groups in total. The molecule has 0 aliphatic rings. The summed E-state index contributed by atoms with van der Waals surface area (Å²) in [5.41, 5.74) is 0.494. The van der Waals surface area contributed by atoms with Crippen LogP contribution < -0.4 is 5.32 Å². The summed E-state index contributed by atoms with van der Waals surface area (Å²) in [5, 5.41) is 12.7. The van der Waals surface area contributed by atoms with E-state index < -0.39 is 0 Å². The quantitative estimate of drug-likeness (QED) is 0.751. The van der Waals surface area contributed by atoms with Crippen molar-refractivity contribution < 1.29 is 14.7 Å². The fourth-order valence-corrected chi connectivity index (χ4v) is 1.98. The molecule has 0 spiro atoms. The first-order valence-corrected chi connectivity index (χ1v) is 6.10. The van der Waals surface area contributed by atoms with Gasteiger partial charge in [0.1, 0.15) is 6.61 Å². The Balaban J connectivity index is 2.72. The number of likely N-dealkylation sites (N-methyl/N-ethyl adjacent to an activating group) is 2. The van der Waals surface area contributed by atoms with E-state index in [2.05, 4.69) is 17.2 Å². The molecule has 0 radical (unpaired) electrons. The average molecular weight is 266 g/mol. The highest BCUT2D eigenvalue weighted by Gasteiger charge is 2.15. The molecule has 0 atom stereocenters. The van der Waals surface area contributed by atoms with E-state index in [0.29, 0.717) is 10.4 Å². The van der Waals surface area contributed by atoms with Crippen LogP contribution in [0.2, 0.25) is 0 Å². The van der Waals surface area contributed by atoms with Crippen molar-refractivity contribution in [1.82, 2.24) is 10.2 Å². The van der Waals surface area contributed by atoms with Crippen LogP contribution in [0.5, 0.6) is 0 Å². The maximum atomic E-state index is 11.9. The van der Waals surface area contributed by atoms with Gasteiger partial charge >= 0.3 is 0 Å². The zero-order valence-electron chi connectivity index (χ0n) is 10.2. The van der Waals surface area contributed by atoms with E-state index in [0.717, 1.165) is 0 Å². The smallest absolute Gasteiger partial charge is 0.254 e. The van der Waals surface area contributed by atoms with Crippen LogP contribution in [0.3, 0.4) is 0 Å². The summed E-state index contributed by atoms with van der Waals surface area (Å²) in [4.78, 5) is 25.1. The highest BCUT2D eigenvalue weighted by molar-refractivity contribution is 7.10. The Labute approximate surface area is 109 Å². The highest BCUT2D eigenvalue weighted by Crippen LogP contribution is 2.15. The summed E-state index contributed by atoms with van der Waals surface area (Å²) in [5.74, 6) is 4.79. The number of aliphatic hydroxyl groups is 1. The molecule has 5 nitrogen and oxygen atoms in total. The fourth-order valence-electron chi connectivity index (χ4n) is 1.23. The summed E-state index contributed by atoms with van der Waals surface area (Å²) in [6, 6.07) is 1.65. The molecular formula is C12H14N2O3S. The Morgan fingerprint density at radius 2 is 2.28 bits per heavy atom. The minimum Gasteiger partial charge on any atom is -0.384 e. The zero-order chi connectivity index (χ0) is 13.5. The number of hydrogen-bond acceptors (Lipinski definition) is 4. The van der Waals surface area contributed by atoms with Gasteiger partial charge in [-0.05, 0) is 6.07 Å². The van der Waals surface area contributed by atoms with Crippen LogP contribution in [-0.4, -0.2) is 49.1 Å². The van der Waals surface area contributed by atoms with Crippen molar-refractivity contribution in [2.45, 2.75) is 0 Å². The number of amides is 2. The lowest BCUT2D eigenvalue weighted by atomic mass is 10.2. The van der Waals surface area contributed by atoms with Crippen LogP contribution in [0.1, 0.15) is 15.2 Å². The molecule has 0 aliphatic heterocycles. The number of carbonyl (C=O) groups is 2. The second-order valence-electron chi connectivity index (χ2n) is 3.49. The molecule has 6 heteroatoms. The van der Waals surface area contributed by atoms with Gasteiger partial charge in [0, 0.05) is 19.5 Å². The molecule has 1 rings (SSSR count). The number of nitrogens with one attached hydrogen (secondary N) is 1. The molecule has 0 saturated carbocycles. The lowest BCUT2D eigenvalue weighted by Gasteiger charge is -2.14. The number of rotatable bonds is 3. The van der Waals surface area contributed by atoms with Gasteiger partial charge in [0.2, 0.25) is 5.91 Å². The number of hydrogen-bond donors (Lipinski definition) is 2. The van der Waals surface area contributed by atoms with Crippen molar-refractivity contribution in [3.05, 3.63) is 21.9 Å². The molecule has 1 heterocycles. The molecule has 96 valence electrons. The second-order valence-corrected chi connectivity index (χ2v) is 4.41. The van der Waals surface area contributed by atoms with Gasteiger partial charge in [0.25, 0.3) is 5.91 Å². The van der Waals surface area contributed by atoms with Gasteiger partial charge in [-0.3, -0.25) is 9.59 Å². The van der Waals surface area contributed by atoms with Gasteiger partial charge in [-0.15, -0.1) is 11.3 Å². The SMILES string of the molecule is CNC(=O)CN(C)C(=O)c1csc(C#CCO)c1. The van der Waals surface area contributed by atoms with Crippen molar-refractivity contribution in [1.29, 1.82) is 0 Å². The zero-order valence-corrected chi connectivity index (χ0v) is 11.0. The van der Waals surface area contributed by atoms with Crippen LogP contribution in [-0.2, 0) is 4.79 Å². The van der Waals surface area contributed by atoms with Crippen LogP contribution in [0.4, 0.5) is 0 Å². The first-order valence-electron chi connectivity index (χ1n) is 5.22. The summed E-state index contributed by atoms with van der Waals surface area (Å²) >= 11 is 1.33. The van der Waals surface area contributed by atoms with Crippen LogP contribution in [0.25, 0.3) is 0 Å². The number of nitrogens with zero attached hydrogens (tertiary/aromatic N) is 1. The predicted octanol–water partition coefficient (Wildman–Crippen LogP) is -0.0901. The van der Waals surface area contributed by atoms with E-state index >= 15 is 0 Å². The minimum absolute atomic E-state index is 0.0167. The Bertz CT molecular complexity index is 499. The Morgan fingerprint density at radius 3 is 2.89 bits per heavy atom. The molecule has 0 bridgehead atoms. The predicted molar refractivity (Wildman–Crippen MR) is 69.3 cm³/mol. The monoisotopic (exact) mass is 266 g/mol. The molecule has 18 heavy (non-hydrogen) atoms. The molecular weight excluding hydrogens is 252 g/mol. The maximum absolute atomic E-state index is 11.9. The fraction of sp³-hybridized carbons (Fsp3) is 0.333. The molecule has 1 aromatic heterocycles. The normalized spacial score (nSPS) is 9.28. The van der Waals surface area contributed by atoms with Gasteiger partial charge < -0.3 is 15.3 Å². The van der Waals surface area contributed by atoms with Gasteiger partial charge in [0.05, 0.1) is 17.0 Å². The third kappa shape index (κ3) is 3.87. The van der Waals surface area contributed by atoms with E-state index in [1.165, 1.54) is 23.3 Å². The van der Waals surface area contributed by atoms with Gasteiger partial charge in [-0.2, -0.15) is 0 Å². The molecule has 0 aromatic carbocycles. The lowest BCUT2D eigenvalue weighted by molar-refractivity contribution is -0.121. The Hall–Kier alpha value is -1.84. The summed E-state index contributed by atoms with van der Waals surface area (Å²) < 4.78 is 0. The van der Waals surface area contributed by atoms with Crippen molar-refractivity contribution in [3.8, 4) is 11.8 Å². The summed E-state index contributed by atoms with van der Waals surface area (Å²) in [6.45, 7) is -0.194. The molecule has 0 saturated heterocycles. The number of thiophene rings is 1. The van der Waals surface area contributed by atoms with E-state index in [1.807, 2.05) is 0 Å². The van der Waals surface area contributed by atoms with Gasteiger partial charge in [-0.1, -0.05) is 11.8 Å². The van der Waals surface area contributed by atoms with E-state index in [9.17, 15) is 9.59 Å². The third-order valence-corrected chi connectivity index (χ3v) is 2.99. The van der Waals surface area contributed by atoms with Crippen LogP contribution >= 0.6 is 11.3 Å². The van der Waals surface area contributed by atoms with E-state index in [-0.39, 0.29) is 25.0 Å². The van der Waals surface area contributed by atoms with Crippen molar-refractivity contribution >= 4 is 23.2 Å². The van der Waals surface area contributed by atoms with Gasteiger partial charge in [0.15, 0.2) is 0 Å². The lowest BCUT2D eigenvalue weighted by Crippen LogP contribution is -2.36. The van der Waals surface area contributed by atoms with Crippen molar-refractivity contribution in [2.75, 3.05) is 27.2 Å². The van der Waals surface area contributed by atoms with Gasteiger partial charge in [-0.25, -0.2) is 0 Å². The molecule has 1 aromatic rings. The Morgan fingerprint density at radius 1 is 1.56 bits per heavy atom. The topological polar surface area (TPSA) is 69.6 Å². The third-order valence-electron chi connectivity index (χ3n) is 2.14. The van der Waals surface area contributed by atoms with Crippen LogP contribution in [0.15, 0.2) is 11.4 Å². The van der Waals surface area contributed by atoms with Crippen LogP contribution in [0, 0.1) is 11.8 Å².